The molecule has 1 aromatic rings. The van der Waals surface area contributed by atoms with Crippen molar-refractivity contribution in [3.8, 4) is 5.75 Å². The highest BCUT2D eigenvalue weighted by Gasteiger charge is 2.01. The highest BCUT2D eigenvalue weighted by Crippen LogP contribution is 2.26. The van der Waals surface area contributed by atoms with E-state index in [0.29, 0.717) is 0 Å². The van der Waals surface area contributed by atoms with Crippen LogP contribution in [-0.4, -0.2) is 8.76 Å². The van der Waals surface area contributed by atoms with E-state index in [1.165, 1.54) is 6.07 Å². The van der Waals surface area contributed by atoms with Crippen LogP contribution in [0, 0.1) is 0 Å². The van der Waals surface area contributed by atoms with Crippen LogP contribution in [-0.2, 0) is 11.4 Å². The lowest BCUT2D eigenvalue weighted by Crippen LogP contribution is -1.98. The van der Waals surface area contributed by atoms with Crippen LogP contribution in [0.2, 0.25) is 5.02 Å². The van der Waals surface area contributed by atoms with Gasteiger partial charge >= 0.3 is 0 Å². The molecule has 0 amide bonds. The molecule has 3 nitrogen and oxygen atoms in total. The monoisotopic (exact) mass is 217 g/mol. The molecule has 0 heterocycles. The number of rotatable bonds is 3. The Morgan fingerprint density at radius 2 is 2.31 bits per heavy atom. The Morgan fingerprint density at radius 1 is 1.62 bits per heavy atom. The van der Waals surface area contributed by atoms with Crippen molar-refractivity contribution in [3.05, 3.63) is 35.4 Å². The molecule has 13 heavy (non-hydrogen) atoms. The lowest BCUT2D eigenvalue weighted by Gasteiger charge is -2.08. The largest absolute Gasteiger partial charge is 0.740 e. The smallest absolute Gasteiger partial charge is 0.157 e. The maximum absolute atomic E-state index is 10.2. The van der Waals surface area contributed by atoms with Crippen LogP contribution in [0.25, 0.3) is 6.08 Å². The van der Waals surface area contributed by atoms with Gasteiger partial charge < -0.3 is 8.74 Å². The van der Waals surface area contributed by atoms with E-state index in [0.717, 1.165) is 5.56 Å². The fraction of sp³-hybridized carbons (Fsp3) is 0. The molecule has 0 bridgehead atoms. The van der Waals surface area contributed by atoms with Crippen molar-refractivity contribution in [1.82, 2.24) is 0 Å². The molecule has 1 unspecified atom stereocenters. The molecular weight excluding hydrogens is 212 g/mol. The summed E-state index contributed by atoms with van der Waals surface area (Å²) in [7, 11) is 0. The first-order valence-corrected chi connectivity index (χ1v) is 4.71. The standard InChI is InChI=1S/C8H7ClO3S/c1-2-6-3-4-8(7(9)5-6)12-13(10)11/h2-5H,1H2,(H,10,11)/p-1. The van der Waals surface area contributed by atoms with E-state index in [-0.39, 0.29) is 10.8 Å². The zero-order valence-electron chi connectivity index (χ0n) is 6.53. The average molecular weight is 218 g/mol. The van der Waals surface area contributed by atoms with Gasteiger partial charge in [0.05, 0.1) is 5.02 Å². The third kappa shape index (κ3) is 2.84. The van der Waals surface area contributed by atoms with Gasteiger partial charge in [-0.25, -0.2) is 4.21 Å². The average Bonchev–Trinajstić information content (AvgIpc) is 2.08. The van der Waals surface area contributed by atoms with Gasteiger partial charge in [0.2, 0.25) is 0 Å². The second-order valence-electron chi connectivity index (χ2n) is 2.18. The van der Waals surface area contributed by atoms with E-state index in [1.807, 2.05) is 0 Å². The van der Waals surface area contributed by atoms with Gasteiger partial charge in [-0.1, -0.05) is 30.3 Å². The molecular formula is C8H6ClO3S-. The van der Waals surface area contributed by atoms with Crippen molar-refractivity contribution < 1.29 is 12.9 Å². The molecule has 0 radical (unpaired) electrons. The van der Waals surface area contributed by atoms with Gasteiger partial charge in [-0.2, -0.15) is 0 Å². The van der Waals surface area contributed by atoms with Crippen molar-refractivity contribution in [3.63, 3.8) is 0 Å². The molecule has 0 aliphatic carbocycles. The summed E-state index contributed by atoms with van der Waals surface area (Å²) in [5, 5.41) is 0.238. The predicted molar refractivity (Wildman–Crippen MR) is 51.1 cm³/mol. The Bertz CT molecular complexity index is 351. The van der Waals surface area contributed by atoms with E-state index in [9.17, 15) is 8.76 Å². The van der Waals surface area contributed by atoms with Crippen molar-refractivity contribution in [2.75, 3.05) is 0 Å². The van der Waals surface area contributed by atoms with Crippen molar-refractivity contribution in [2.24, 2.45) is 0 Å². The Kier molecular flexibility index (Phi) is 3.48. The first kappa shape index (κ1) is 10.2. The summed E-state index contributed by atoms with van der Waals surface area (Å²) in [6.45, 7) is 3.54. The Labute approximate surface area is 83.5 Å². The molecule has 1 rings (SSSR count). The lowest BCUT2D eigenvalue weighted by atomic mass is 10.2. The molecule has 0 spiro atoms. The normalized spacial score (nSPS) is 12.2. The summed E-state index contributed by atoms with van der Waals surface area (Å²) in [6.07, 6.45) is 1.60. The fourth-order valence-electron chi connectivity index (χ4n) is 0.785. The molecule has 0 aliphatic heterocycles. The molecule has 0 fully saturated rings. The molecule has 0 aliphatic rings. The summed E-state index contributed by atoms with van der Waals surface area (Å²) < 4.78 is 24.7. The maximum atomic E-state index is 10.2. The summed E-state index contributed by atoms with van der Waals surface area (Å²) in [6, 6.07) is 4.69. The molecule has 1 aromatic carbocycles. The molecule has 70 valence electrons. The zero-order valence-corrected chi connectivity index (χ0v) is 8.10. The zero-order chi connectivity index (χ0) is 9.84. The van der Waals surface area contributed by atoms with E-state index in [1.54, 1.807) is 18.2 Å². The third-order valence-corrected chi connectivity index (χ3v) is 1.96. The van der Waals surface area contributed by atoms with E-state index >= 15 is 0 Å². The quantitative estimate of drug-likeness (QED) is 0.729. The van der Waals surface area contributed by atoms with Crippen LogP contribution >= 0.6 is 11.6 Å². The number of halogens is 1. The van der Waals surface area contributed by atoms with E-state index in [2.05, 4.69) is 10.8 Å². The Morgan fingerprint density at radius 3 is 2.77 bits per heavy atom. The molecule has 0 aromatic heterocycles. The Balaban J connectivity index is 2.98. The van der Waals surface area contributed by atoms with E-state index < -0.39 is 11.4 Å². The first-order valence-electron chi connectivity index (χ1n) is 3.33. The van der Waals surface area contributed by atoms with Crippen LogP contribution in [0.3, 0.4) is 0 Å². The van der Waals surface area contributed by atoms with Crippen LogP contribution in [0.1, 0.15) is 5.56 Å². The minimum absolute atomic E-state index is 0.112. The lowest BCUT2D eigenvalue weighted by molar-refractivity contribution is 0.440. The van der Waals surface area contributed by atoms with Gasteiger partial charge in [0.25, 0.3) is 0 Å². The molecule has 1 atom stereocenters. The summed E-state index contributed by atoms with van der Waals surface area (Å²) in [5.74, 6) is 0.112. The minimum atomic E-state index is -2.60. The minimum Gasteiger partial charge on any atom is -0.740 e. The van der Waals surface area contributed by atoms with Crippen molar-refractivity contribution in [1.29, 1.82) is 0 Å². The van der Waals surface area contributed by atoms with Gasteiger partial charge in [-0.15, -0.1) is 0 Å². The van der Waals surface area contributed by atoms with Crippen LogP contribution in [0.15, 0.2) is 24.8 Å². The van der Waals surface area contributed by atoms with Gasteiger partial charge in [0.15, 0.2) is 5.75 Å². The topological polar surface area (TPSA) is 49.4 Å². The van der Waals surface area contributed by atoms with Crippen molar-refractivity contribution >= 4 is 29.0 Å². The third-order valence-electron chi connectivity index (χ3n) is 1.35. The van der Waals surface area contributed by atoms with Gasteiger partial charge in [-0.05, 0) is 17.7 Å². The maximum Gasteiger partial charge on any atom is 0.157 e. The van der Waals surface area contributed by atoms with Gasteiger partial charge in [0, 0.05) is 0 Å². The van der Waals surface area contributed by atoms with Gasteiger partial charge in [0.1, 0.15) is 11.4 Å². The second kappa shape index (κ2) is 4.41. The summed E-state index contributed by atoms with van der Waals surface area (Å²) in [5.41, 5.74) is 0.800. The fourth-order valence-corrected chi connectivity index (χ4v) is 1.35. The summed E-state index contributed by atoms with van der Waals surface area (Å²) in [4.78, 5) is 0. The first-order chi connectivity index (χ1) is 6.13. The number of benzene rings is 1. The van der Waals surface area contributed by atoms with Gasteiger partial charge in [-0.3, -0.25) is 0 Å². The number of hydrogen-bond acceptors (Lipinski definition) is 3. The molecule has 5 heteroatoms. The van der Waals surface area contributed by atoms with Crippen molar-refractivity contribution in [2.45, 2.75) is 0 Å². The predicted octanol–water partition coefficient (Wildman–Crippen LogP) is 2.16. The molecule has 0 saturated heterocycles. The highest BCUT2D eigenvalue weighted by molar-refractivity contribution is 7.74. The Hall–Kier alpha value is -0.840. The summed E-state index contributed by atoms with van der Waals surface area (Å²) >= 11 is 3.11. The second-order valence-corrected chi connectivity index (χ2v) is 3.16. The SMILES string of the molecule is C=Cc1ccc(OS(=O)[O-])c(Cl)c1. The number of hydrogen-bond donors (Lipinski definition) is 0. The van der Waals surface area contributed by atoms with Crippen LogP contribution in [0.5, 0.6) is 5.75 Å². The van der Waals surface area contributed by atoms with E-state index in [4.69, 9.17) is 11.6 Å². The highest BCUT2D eigenvalue weighted by atomic mass is 35.5. The molecule has 0 N–H and O–H groups in total. The molecule has 0 saturated carbocycles. The van der Waals surface area contributed by atoms with Crippen LogP contribution in [0.4, 0.5) is 0 Å². The van der Waals surface area contributed by atoms with Crippen LogP contribution < -0.4 is 4.18 Å².